The van der Waals surface area contributed by atoms with E-state index in [9.17, 15) is 0 Å². The number of nitrogens with one attached hydrogen (secondary N) is 1. The summed E-state index contributed by atoms with van der Waals surface area (Å²) < 4.78 is 0. The van der Waals surface area contributed by atoms with Crippen LogP contribution in [0.2, 0.25) is 0 Å². The Bertz CT molecular complexity index is 619. The van der Waals surface area contributed by atoms with Crippen molar-refractivity contribution in [1.29, 1.82) is 0 Å². The van der Waals surface area contributed by atoms with Crippen molar-refractivity contribution >= 4 is 16.7 Å². The Balaban J connectivity index is 1.90. The Morgan fingerprint density at radius 2 is 2.10 bits per heavy atom. The molecule has 1 aromatic heterocycles. The maximum Gasteiger partial charge on any atom is 0.130 e. The van der Waals surface area contributed by atoms with Crippen LogP contribution in [0.4, 0.5) is 5.82 Å². The van der Waals surface area contributed by atoms with E-state index in [4.69, 9.17) is 4.98 Å². The van der Waals surface area contributed by atoms with Crippen LogP contribution < -0.4 is 5.32 Å². The van der Waals surface area contributed by atoms with Crippen molar-refractivity contribution in [1.82, 2.24) is 9.88 Å². The minimum atomic E-state index is 0.448. The molecule has 0 spiro atoms. The average molecular weight is 269 g/mol. The highest BCUT2D eigenvalue weighted by molar-refractivity contribution is 5.81. The molecule has 2 heterocycles. The quantitative estimate of drug-likeness (QED) is 0.924. The van der Waals surface area contributed by atoms with Gasteiger partial charge in [-0.05, 0) is 30.5 Å². The highest BCUT2D eigenvalue weighted by atomic mass is 15.2. The molecule has 0 unspecified atom stereocenters. The fourth-order valence-corrected chi connectivity index (χ4v) is 3.10. The maximum atomic E-state index is 4.73. The summed E-state index contributed by atoms with van der Waals surface area (Å²) in [5, 5.41) is 4.47. The summed E-state index contributed by atoms with van der Waals surface area (Å²) >= 11 is 0. The Morgan fingerprint density at radius 3 is 2.80 bits per heavy atom. The van der Waals surface area contributed by atoms with E-state index in [0.29, 0.717) is 5.41 Å². The predicted octanol–water partition coefficient (Wildman–Crippen LogP) is 3.51. The van der Waals surface area contributed by atoms with E-state index in [0.717, 1.165) is 17.9 Å². The van der Waals surface area contributed by atoms with Gasteiger partial charge in [0.1, 0.15) is 5.82 Å². The Kier molecular flexibility index (Phi) is 3.38. The van der Waals surface area contributed by atoms with Crippen LogP contribution in [-0.4, -0.2) is 30.0 Å². The molecule has 2 aromatic rings. The summed E-state index contributed by atoms with van der Waals surface area (Å²) in [5.74, 6) is 1.01. The molecule has 0 atom stereocenters. The highest BCUT2D eigenvalue weighted by Crippen LogP contribution is 2.31. The molecule has 1 aliphatic heterocycles. The summed E-state index contributed by atoms with van der Waals surface area (Å²) in [5.41, 5.74) is 2.80. The summed E-state index contributed by atoms with van der Waals surface area (Å²) in [6.07, 6.45) is 1.28. The van der Waals surface area contributed by atoms with Crippen LogP contribution in [0.15, 0.2) is 30.3 Å². The zero-order chi connectivity index (χ0) is 14.2. The van der Waals surface area contributed by atoms with Crippen LogP contribution in [0.5, 0.6) is 0 Å². The third-order valence-electron chi connectivity index (χ3n) is 4.19. The molecule has 1 aliphatic rings. The molecule has 3 heteroatoms. The number of para-hydroxylation sites is 1. The molecule has 1 N–H and O–H groups in total. The van der Waals surface area contributed by atoms with E-state index < -0.39 is 0 Å². The number of hydrogen-bond donors (Lipinski definition) is 1. The van der Waals surface area contributed by atoms with Gasteiger partial charge in [0.15, 0.2) is 0 Å². The van der Waals surface area contributed by atoms with Gasteiger partial charge in [0.05, 0.1) is 5.52 Å². The normalized spacial score (nSPS) is 18.6. The van der Waals surface area contributed by atoms with Crippen LogP contribution >= 0.6 is 0 Å². The SMILES string of the molecule is CNc1nc2ccccc2cc1CN1CCC(C)(C)C1. The predicted molar refractivity (Wildman–Crippen MR) is 85.0 cm³/mol. The Labute approximate surface area is 121 Å². The average Bonchev–Trinajstić information content (AvgIpc) is 2.77. The number of hydrogen-bond acceptors (Lipinski definition) is 3. The zero-order valence-electron chi connectivity index (χ0n) is 12.6. The monoisotopic (exact) mass is 269 g/mol. The molecule has 0 bridgehead atoms. The minimum absolute atomic E-state index is 0.448. The smallest absolute Gasteiger partial charge is 0.130 e. The largest absolute Gasteiger partial charge is 0.373 e. The van der Waals surface area contributed by atoms with E-state index in [1.54, 1.807) is 0 Å². The molecule has 0 saturated carbocycles. The lowest BCUT2D eigenvalue weighted by Crippen LogP contribution is -2.23. The molecule has 0 amide bonds. The molecule has 3 nitrogen and oxygen atoms in total. The van der Waals surface area contributed by atoms with E-state index in [2.05, 4.69) is 48.3 Å². The number of benzene rings is 1. The van der Waals surface area contributed by atoms with Gasteiger partial charge in [-0.15, -0.1) is 0 Å². The first-order valence-corrected chi connectivity index (χ1v) is 7.36. The second-order valence-electron chi connectivity index (χ2n) is 6.56. The van der Waals surface area contributed by atoms with Gasteiger partial charge in [-0.25, -0.2) is 4.98 Å². The van der Waals surface area contributed by atoms with Gasteiger partial charge in [-0.2, -0.15) is 0 Å². The molecule has 1 saturated heterocycles. The number of likely N-dealkylation sites (tertiary alicyclic amines) is 1. The molecule has 106 valence electrons. The fourth-order valence-electron chi connectivity index (χ4n) is 3.10. The van der Waals surface area contributed by atoms with Crippen molar-refractivity contribution in [2.45, 2.75) is 26.8 Å². The van der Waals surface area contributed by atoms with Crippen LogP contribution in [-0.2, 0) is 6.54 Å². The first-order valence-electron chi connectivity index (χ1n) is 7.36. The number of fused-ring (bicyclic) bond motifs is 1. The molecule has 3 rings (SSSR count). The first-order chi connectivity index (χ1) is 9.57. The number of pyridine rings is 1. The summed E-state index contributed by atoms with van der Waals surface area (Å²) in [6, 6.07) is 10.6. The molecule has 0 radical (unpaired) electrons. The van der Waals surface area contributed by atoms with Gasteiger partial charge in [0.25, 0.3) is 0 Å². The molecule has 1 aromatic carbocycles. The van der Waals surface area contributed by atoms with Crippen LogP contribution in [0.25, 0.3) is 10.9 Å². The van der Waals surface area contributed by atoms with Crippen LogP contribution in [0.3, 0.4) is 0 Å². The summed E-state index contributed by atoms with van der Waals surface area (Å²) in [4.78, 5) is 7.27. The lowest BCUT2D eigenvalue weighted by Gasteiger charge is -2.21. The zero-order valence-corrected chi connectivity index (χ0v) is 12.6. The van der Waals surface area contributed by atoms with E-state index in [1.807, 2.05) is 13.1 Å². The first kappa shape index (κ1) is 13.4. The summed E-state index contributed by atoms with van der Waals surface area (Å²) in [6.45, 7) is 8.04. The lowest BCUT2D eigenvalue weighted by atomic mass is 9.93. The lowest BCUT2D eigenvalue weighted by molar-refractivity contribution is 0.284. The number of aromatic nitrogens is 1. The van der Waals surface area contributed by atoms with Crippen molar-refractivity contribution in [3.8, 4) is 0 Å². The van der Waals surface area contributed by atoms with Gasteiger partial charge >= 0.3 is 0 Å². The second kappa shape index (κ2) is 5.06. The van der Waals surface area contributed by atoms with E-state index in [-0.39, 0.29) is 0 Å². The Hall–Kier alpha value is -1.61. The van der Waals surface area contributed by atoms with Crippen molar-refractivity contribution in [3.05, 3.63) is 35.9 Å². The topological polar surface area (TPSA) is 28.2 Å². The number of rotatable bonds is 3. The van der Waals surface area contributed by atoms with E-state index in [1.165, 1.54) is 30.5 Å². The third-order valence-corrected chi connectivity index (χ3v) is 4.19. The number of anilines is 1. The maximum absolute atomic E-state index is 4.73. The highest BCUT2D eigenvalue weighted by Gasteiger charge is 2.29. The van der Waals surface area contributed by atoms with Gasteiger partial charge in [0, 0.05) is 31.1 Å². The van der Waals surface area contributed by atoms with Gasteiger partial charge < -0.3 is 5.32 Å². The molecular weight excluding hydrogens is 246 g/mol. The van der Waals surface area contributed by atoms with Gasteiger partial charge in [-0.1, -0.05) is 32.0 Å². The second-order valence-corrected chi connectivity index (χ2v) is 6.56. The minimum Gasteiger partial charge on any atom is -0.373 e. The van der Waals surface area contributed by atoms with Crippen molar-refractivity contribution in [2.24, 2.45) is 5.41 Å². The molecule has 20 heavy (non-hydrogen) atoms. The standard InChI is InChI=1S/C17H23N3/c1-17(2)8-9-20(12-17)11-14-10-13-6-4-5-7-15(13)19-16(14)18-3/h4-7,10H,8-9,11-12H2,1-3H3,(H,18,19). The fraction of sp³-hybridized carbons (Fsp3) is 0.471. The van der Waals surface area contributed by atoms with Crippen molar-refractivity contribution in [2.75, 3.05) is 25.5 Å². The van der Waals surface area contributed by atoms with Gasteiger partial charge in [-0.3, -0.25) is 4.90 Å². The summed E-state index contributed by atoms with van der Waals surface area (Å²) in [7, 11) is 1.95. The number of nitrogens with zero attached hydrogens (tertiary/aromatic N) is 2. The van der Waals surface area contributed by atoms with Crippen LogP contribution in [0.1, 0.15) is 25.8 Å². The third kappa shape index (κ3) is 2.63. The van der Waals surface area contributed by atoms with Crippen LogP contribution in [0, 0.1) is 5.41 Å². The molecule has 1 fully saturated rings. The van der Waals surface area contributed by atoms with Crippen molar-refractivity contribution in [3.63, 3.8) is 0 Å². The molecule has 0 aliphatic carbocycles. The molecular formula is C17H23N3. The van der Waals surface area contributed by atoms with Gasteiger partial charge in [0.2, 0.25) is 0 Å². The Morgan fingerprint density at radius 1 is 1.30 bits per heavy atom. The van der Waals surface area contributed by atoms with Crippen molar-refractivity contribution < 1.29 is 0 Å². The van der Waals surface area contributed by atoms with E-state index >= 15 is 0 Å².